The van der Waals surface area contributed by atoms with Crippen molar-refractivity contribution in [3.8, 4) is 17.0 Å². The molecule has 4 aromatic rings. The third kappa shape index (κ3) is 4.82. The number of hydrogen-bond acceptors (Lipinski definition) is 9. The summed E-state index contributed by atoms with van der Waals surface area (Å²) in [6.07, 6.45) is 1.19. The van der Waals surface area contributed by atoms with Crippen LogP contribution < -0.4 is 21.1 Å². The third-order valence-corrected chi connectivity index (χ3v) is 6.70. The first kappa shape index (κ1) is 22.6. The van der Waals surface area contributed by atoms with Crippen molar-refractivity contribution < 1.29 is 31.2 Å². The fraction of sp³-hybridized carbons (Fsp3) is 0.320. The molecule has 1 atom stereocenters. The van der Waals surface area contributed by atoms with Crippen molar-refractivity contribution in [1.29, 1.82) is 0 Å². The zero-order valence-electron chi connectivity index (χ0n) is 23.2. The summed E-state index contributed by atoms with van der Waals surface area (Å²) in [6.45, 7) is 0.167. The Labute approximate surface area is 223 Å². The number of Topliss-reactive ketones (excluding diaryl/α,β-unsaturated/α-hetero) is 1. The molecule has 204 valence electrons. The second-order valence-corrected chi connectivity index (χ2v) is 9.21. The van der Waals surface area contributed by atoms with E-state index >= 15 is 4.39 Å². The Balaban J connectivity index is 1.59. The third-order valence-electron chi connectivity index (χ3n) is 6.70. The van der Waals surface area contributed by atoms with E-state index in [1.807, 2.05) is 0 Å². The van der Waals surface area contributed by atoms with Gasteiger partial charge in [0.25, 0.3) is 6.43 Å². The highest BCUT2D eigenvalue weighted by molar-refractivity contribution is 5.92. The molecule has 4 N–H and O–H groups in total. The molecule has 4 heterocycles. The Morgan fingerprint density at radius 3 is 2.79 bits per heavy atom. The van der Waals surface area contributed by atoms with E-state index in [1.54, 1.807) is 9.47 Å². The van der Waals surface area contributed by atoms with Gasteiger partial charge in [-0.1, -0.05) is 0 Å². The van der Waals surface area contributed by atoms with Crippen molar-refractivity contribution >= 4 is 28.5 Å². The number of fused-ring (bicyclic) bond motifs is 1. The predicted octanol–water partition coefficient (Wildman–Crippen LogP) is 2.94. The topological polar surface area (TPSA) is 138 Å². The Bertz CT molecular complexity index is 1670. The number of carbonyl (C=O) groups is 1. The SMILES string of the molecule is [2H]C([2H])([2H])Oc1cc(F)c(-c2cc(Cn3cnc4c(N)ncnc43)c(N3CCC[C@](N)(C(=O)C(F)F)C3)cn2)cc1F. The van der Waals surface area contributed by atoms with Crippen LogP contribution in [0.3, 0.4) is 0 Å². The van der Waals surface area contributed by atoms with E-state index < -0.39 is 42.2 Å². The smallest absolute Gasteiger partial charge is 0.297 e. The van der Waals surface area contributed by atoms with Crippen molar-refractivity contribution in [1.82, 2.24) is 24.5 Å². The van der Waals surface area contributed by atoms with Gasteiger partial charge in [0.15, 0.2) is 23.0 Å². The lowest BCUT2D eigenvalue weighted by atomic mass is 9.85. The number of nitrogens with zero attached hydrogens (tertiary/aromatic N) is 6. The molecule has 0 aliphatic carbocycles. The molecule has 0 amide bonds. The van der Waals surface area contributed by atoms with Gasteiger partial charge in [0.05, 0.1) is 47.1 Å². The van der Waals surface area contributed by atoms with Crippen molar-refractivity contribution in [3.63, 3.8) is 0 Å². The van der Waals surface area contributed by atoms with E-state index in [9.17, 15) is 18.0 Å². The lowest BCUT2D eigenvalue weighted by Crippen LogP contribution is -2.61. The number of ketones is 1. The molecule has 1 aliphatic rings. The molecule has 1 aliphatic heterocycles. The van der Waals surface area contributed by atoms with Crippen LogP contribution in [0.4, 0.5) is 29.1 Å². The van der Waals surface area contributed by atoms with Gasteiger partial charge in [0.2, 0.25) is 5.78 Å². The molecule has 0 unspecified atom stereocenters. The van der Waals surface area contributed by atoms with E-state index in [0.717, 1.165) is 6.07 Å². The van der Waals surface area contributed by atoms with Gasteiger partial charge in [-0.25, -0.2) is 32.5 Å². The number of imidazole rings is 1. The van der Waals surface area contributed by atoms with E-state index in [1.165, 1.54) is 24.9 Å². The van der Waals surface area contributed by atoms with Crippen molar-refractivity contribution in [2.45, 2.75) is 31.4 Å². The van der Waals surface area contributed by atoms with Gasteiger partial charge in [-0.05, 0) is 30.5 Å². The summed E-state index contributed by atoms with van der Waals surface area (Å²) in [5.74, 6) is -4.16. The summed E-state index contributed by atoms with van der Waals surface area (Å²) in [5, 5.41) is 0. The normalized spacial score (nSPS) is 19.1. The molecule has 1 fully saturated rings. The monoisotopic (exact) mass is 547 g/mol. The number of nitrogens with two attached hydrogens (primary N) is 2. The summed E-state index contributed by atoms with van der Waals surface area (Å²) >= 11 is 0. The summed E-state index contributed by atoms with van der Waals surface area (Å²) < 4.78 is 84.1. The number of anilines is 2. The molecule has 39 heavy (non-hydrogen) atoms. The molecule has 0 bridgehead atoms. The Morgan fingerprint density at radius 1 is 1.21 bits per heavy atom. The number of nitrogen functional groups attached to an aromatic ring is 1. The van der Waals surface area contributed by atoms with Crippen LogP contribution in [0, 0.1) is 11.6 Å². The fourth-order valence-electron chi connectivity index (χ4n) is 4.76. The Kier molecular flexibility index (Phi) is 5.86. The molecule has 5 rings (SSSR count). The number of hydrogen-bond donors (Lipinski definition) is 2. The number of aromatic nitrogens is 5. The summed E-state index contributed by atoms with van der Waals surface area (Å²) in [5.41, 5.74) is 11.5. The lowest BCUT2D eigenvalue weighted by molar-refractivity contribution is -0.135. The Morgan fingerprint density at radius 2 is 2.03 bits per heavy atom. The van der Waals surface area contributed by atoms with Gasteiger partial charge in [-0.3, -0.25) is 9.78 Å². The molecule has 3 aromatic heterocycles. The van der Waals surface area contributed by atoms with Crippen LogP contribution in [0.25, 0.3) is 22.4 Å². The fourth-order valence-corrected chi connectivity index (χ4v) is 4.76. The highest BCUT2D eigenvalue weighted by Crippen LogP contribution is 2.34. The second-order valence-electron chi connectivity index (χ2n) is 9.21. The highest BCUT2D eigenvalue weighted by Gasteiger charge is 2.43. The maximum Gasteiger partial charge on any atom is 0.297 e. The number of halogens is 4. The lowest BCUT2D eigenvalue weighted by Gasteiger charge is -2.40. The number of rotatable bonds is 7. The van der Waals surface area contributed by atoms with Crippen molar-refractivity contribution in [2.24, 2.45) is 5.73 Å². The van der Waals surface area contributed by atoms with Crippen molar-refractivity contribution in [3.05, 3.63) is 54.2 Å². The van der Waals surface area contributed by atoms with Gasteiger partial charge < -0.3 is 25.7 Å². The standard InChI is InChI=1S/C25H24F4N8O2/c1-39-19-7-15(26)14(6-16(19)27)17-5-13(9-37-12-35-20-23(30)33-11-34-24(20)37)18(8-32-17)36-4-2-3-25(31,10-36)21(38)22(28)29/h5-8,11-12,22H,2-4,9-10,31H2,1H3,(H2,30,33,34)/t25-/m1/s1/i1D3. The maximum absolute atomic E-state index is 15.1. The number of piperidine rings is 1. The summed E-state index contributed by atoms with van der Waals surface area (Å²) in [7, 11) is -3.00. The first-order chi connectivity index (χ1) is 19.8. The zero-order valence-corrected chi connectivity index (χ0v) is 20.2. The minimum atomic E-state index is -3.24. The number of ether oxygens (including phenoxy) is 1. The summed E-state index contributed by atoms with van der Waals surface area (Å²) in [6, 6.07) is 2.82. The molecule has 0 spiro atoms. The predicted molar refractivity (Wildman–Crippen MR) is 134 cm³/mol. The molecular formula is C25H24F4N8O2. The molecule has 0 saturated carbocycles. The molecule has 14 heteroatoms. The Hall–Kier alpha value is -4.33. The largest absolute Gasteiger partial charge is 0.494 e. The van der Waals surface area contributed by atoms with Gasteiger partial charge in [-0.15, -0.1) is 0 Å². The number of carbonyl (C=O) groups excluding carboxylic acids is 1. The molecule has 1 aromatic carbocycles. The van der Waals surface area contributed by atoms with Gasteiger partial charge in [0, 0.05) is 24.7 Å². The molecule has 1 saturated heterocycles. The van der Waals surface area contributed by atoms with Crippen LogP contribution in [0.1, 0.15) is 22.5 Å². The van der Waals surface area contributed by atoms with E-state index in [4.69, 9.17) is 15.6 Å². The van der Waals surface area contributed by atoms with Gasteiger partial charge >= 0.3 is 0 Å². The van der Waals surface area contributed by atoms with E-state index in [2.05, 4.69) is 24.7 Å². The molecule has 0 radical (unpaired) electrons. The van der Waals surface area contributed by atoms with Crippen LogP contribution in [0.2, 0.25) is 0 Å². The maximum atomic E-state index is 15.1. The van der Waals surface area contributed by atoms with Crippen LogP contribution in [-0.4, -0.2) is 62.4 Å². The zero-order chi connectivity index (χ0) is 30.4. The molecular weight excluding hydrogens is 520 g/mol. The van der Waals surface area contributed by atoms with Crippen molar-refractivity contribution in [2.75, 3.05) is 30.8 Å². The first-order valence-electron chi connectivity index (χ1n) is 13.2. The van der Waals surface area contributed by atoms with Crippen LogP contribution >= 0.6 is 0 Å². The number of benzene rings is 1. The van der Waals surface area contributed by atoms with E-state index in [-0.39, 0.29) is 36.6 Å². The average Bonchev–Trinajstić information content (AvgIpc) is 3.33. The summed E-state index contributed by atoms with van der Waals surface area (Å²) in [4.78, 5) is 30.5. The van der Waals surface area contributed by atoms with E-state index in [0.29, 0.717) is 41.4 Å². The van der Waals surface area contributed by atoms with Gasteiger partial charge in [-0.2, -0.15) is 0 Å². The average molecular weight is 548 g/mol. The number of pyridine rings is 1. The quantitative estimate of drug-likeness (QED) is 0.335. The van der Waals surface area contributed by atoms with Crippen LogP contribution in [0.5, 0.6) is 5.75 Å². The van der Waals surface area contributed by atoms with Crippen LogP contribution in [-0.2, 0) is 11.3 Å². The second kappa shape index (κ2) is 10.1. The highest BCUT2D eigenvalue weighted by atomic mass is 19.3. The minimum absolute atomic E-state index is 0.0242. The first-order valence-corrected chi connectivity index (χ1v) is 11.7. The van der Waals surface area contributed by atoms with Crippen LogP contribution in [0.15, 0.2) is 37.1 Å². The van der Waals surface area contributed by atoms with Gasteiger partial charge in [0.1, 0.15) is 17.7 Å². The minimum Gasteiger partial charge on any atom is -0.494 e. The number of methoxy groups -OCH3 is 1. The number of alkyl halides is 2. The molecule has 10 nitrogen and oxygen atoms in total.